The summed E-state index contributed by atoms with van der Waals surface area (Å²) >= 11 is 6.04. The van der Waals surface area contributed by atoms with Gasteiger partial charge in [-0.1, -0.05) is 48.0 Å². The maximum Gasteiger partial charge on any atom is 0.119 e. The maximum atomic E-state index is 6.04. The summed E-state index contributed by atoms with van der Waals surface area (Å²) in [4.78, 5) is 0. The van der Waals surface area contributed by atoms with Gasteiger partial charge in [0.2, 0.25) is 0 Å². The highest BCUT2D eigenvalue weighted by Crippen LogP contribution is 2.30. The van der Waals surface area contributed by atoms with Gasteiger partial charge in [0.25, 0.3) is 0 Å². The number of hydrogen-bond donors (Lipinski definition) is 0. The standard InChI is InChI=1S/C24H21ClN2O2/c1-28-21-7-3-5-18(13-21)23-15-24(19-6-4-8-22(14-19)29-2)27(26-23)16-17-9-11-20(25)12-10-17/h3-15H,16H2,1-2H3. The van der Waals surface area contributed by atoms with Gasteiger partial charge in [-0.15, -0.1) is 0 Å². The van der Waals surface area contributed by atoms with E-state index >= 15 is 0 Å². The molecule has 0 aliphatic heterocycles. The van der Waals surface area contributed by atoms with E-state index in [0.29, 0.717) is 6.54 Å². The van der Waals surface area contributed by atoms with Gasteiger partial charge < -0.3 is 9.47 Å². The Bertz CT molecular complexity index is 1120. The molecule has 0 radical (unpaired) electrons. The van der Waals surface area contributed by atoms with E-state index in [2.05, 4.69) is 12.1 Å². The largest absolute Gasteiger partial charge is 0.497 e. The topological polar surface area (TPSA) is 36.3 Å². The number of rotatable bonds is 6. The molecule has 1 heterocycles. The Labute approximate surface area is 175 Å². The number of methoxy groups -OCH3 is 2. The van der Waals surface area contributed by atoms with Crippen molar-refractivity contribution in [2.45, 2.75) is 6.54 Å². The minimum Gasteiger partial charge on any atom is -0.497 e. The quantitative estimate of drug-likeness (QED) is 0.399. The third-order valence-electron chi connectivity index (χ3n) is 4.76. The molecule has 4 nitrogen and oxygen atoms in total. The van der Waals surface area contributed by atoms with Gasteiger partial charge in [0.1, 0.15) is 11.5 Å². The van der Waals surface area contributed by atoms with Crippen LogP contribution in [0.25, 0.3) is 22.5 Å². The van der Waals surface area contributed by atoms with Crippen LogP contribution in [0.2, 0.25) is 5.02 Å². The summed E-state index contributed by atoms with van der Waals surface area (Å²) in [6.45, 7) is 0.633. The highest BCUT2D eigenvalue weighted by atomic mass is 35.5. The lowest BCUT2D eigenvalue weighted by molar-refractivity contribution is 0.415. The molecule has 0 spiro atoms. The summed E-state index contributed by atoms with van der Waals surface area (Å²) in [5.41, 5.74) is 5.06. The van der Waals surface area contributed by atoms with E-state index in [9.17, 15) is 0 Å². The minimum atomic E-state index is 0.633. The predicted octanol–water partition coefficient (Wildman–Crippen LogP) is 5.94. The van der Waals surface area contributed by atoms with Gasteiger partial charge >= 0.3 is 0 Å². The van der Waals surface area contributed by atoms with Crippen LogP contribution in [0.4, 0.5) is 0 Å². The molecule has 0 N–H and O–H groups in total. The Balaban J connectivity index is 1.80. The van der Waals surface area contributed by atoms with Gasteiger partial charge in [-0.25, -0.2) is 0 Å². The Morgan fingerprint density at radius 3 is 2.07 bits per heavy atom. The van der Waals surface area contributed by atoms with Crippen LogP contribution in [0.1, 0.15) is 5.56 Å². The lowest BCUT2D eigenvalue weighted by Gasteiger charge is -2.09. The van der Waals surface area contributed by atoms with E-state index in [1.807, 2.05) is 71.4 Å². The van der Waals surface area contributed by atoms with Crippen LogP contribution in [0.15, 0.2) is 78.9 Å². The minimum absolute atomic E-state index is 0.633. The molecule has 4 aromatic rings. The number of nitrogens with zero attached hydrogens (tertiary/aromatic N) is 2. The van der Waals surface area contributed by atoms with Crippen molar-refractivity contribution in [1.82, 2.24) is 9.78 Å². The fourth-order valence-corrected chi connectivity index (χ4v) is 3.36. The molecule has 0 amide bonds. The summed E-state index contributed by atoms with van der Waals surface area (Å²) in [6.07, 6.45) is 0. The molecule has 0 fully saturated rings. The Hall–Kier alpha value is -3.24. The van der Waals surface area contributed by atoms with E-state index in [-0.39, 0.29) is 0 Å². The number of halogens is 1. The first-order valence-electron chi connectivity index (χ1n) is 9.27. The van der Waals surface area contributed by atoms with Crippen LogP contribution in [0, 0.1) is 0 Å². The SMILES string of the molecule is COc1cccc(-c2cc(-c3cccc(OC)c3)n(Cc3ccc(Cl)cc3)n2)c1. The van der Waals surface area contributed by atoms with Crippen molar-refractivity contribution >= 4 is 11.6 Å². The van der Waals surface area contributed by atoms with E-state index in [1.165, 1.54) is 0 Å². The third kappa shape index (κ3) is 4.28. The van der Waals surface area contributed by atoms with Crippen molar-refractivity contribution in [3.05, 3.63) is 89.4 Å². The van der Waals surface area contributed by atoms with Gasteiger partial charge in [-0.05, 0) is 48.0 Å². The van der Waals surface area contributed by atoms with Crippen LogP contribution in [0.5, 0.6) is 11.5 Å². The highest BCUT2D eigenvalue weighted by Gasteiger charge is 2.13. The molecule has 0 atom stereocenters. The first-order chi connectivity index (χ1) is 14.2. The van der Waals surface area contributed by atoms with E-state index in [4.69, 9.17) is 26.2 Å². The van der Waals surface area contributed by atoms with E-state index in [0.717, 1.165) is 44.6 Å². The molecule has 5 heteroatoms. The van der Waals surface area contributed by atoms with Crippen molar-refractivity contribution in [2.24, 2.45) is 0 Å². The van der Waals surface area contributed by atoms with Crippen LogP contribution in [-0.2, 0) is 6.54 Å². The van der Waals surface area contributed by atoms with Gasteiger partial charge in [-0.2, -0.15) is 5.10 Å². The molecule has 0 unspecified atom stereocenters. The first-order valence-corrected chi connectivity index (χ1v) is 9.65. The lowest BCUT2D eigenvalue weighted by Crippen LogP contribution is -2.04. The molecule has 1 aromatic heterocycles. The fourth-order valence-electron chi connectivity index (χ4n) is 3.24. The van der Waals surface area contributed by atoms with Gasteiger partial charge in [0.15, 0.2) is 0 Å². The summed E-state index contributed by atoms with van der Waals surface area (Å²) in [5.74, 6) is 1.61. The highest BCUT2D eigenvalue weighted by molar-refractivity contribution is 6.30. The second kappa shape index (κ2) is 8.41. The van der Waals surface area contributed by atoms with Gasteiger partial charge in [-0.3, -0.25) is 4.68 Å². The van der Waals surface area contributed by atoms with Crippen LogP contribution in [0.3, 0.4) is 0 Å². The molecule has 3 aromatic carbocycles. The van der Waals surface area contributed by atoms with E-state index in [1.54, 1.807) is 14.2 Å². The monoisotopic (exact) mass is 404 g/mol. The summed E-state index contributed by atoms with van der Waals surface area (Å²) < 4.78 is 12.8. The lowest BCUT2D eigenvalue weighted by atomic mass is 10.1. The van der Waals surface area contributed by atoms with Crippen LogP contribution < -0.4 is 9.47 Å². The van der Waals surface area contributed by atoms with Crippen LogP contribution >= 0.6 is 11.6 Å². The van der Waals surface area contributed by atoms with Crippen molar-refractivity contribution in [3.8, 4) is 34.0 Å². The number of aromatic nitrogens is 2. The second-order valence-electron chi connectivity index (χ2n) is 6.66. The molecule has 146 valence electrons. The molecule has 0 aliphatic rings. The Morgan fingerprint density at radius 1 is 0.793 bits per heavy atom. The zero-order valence-electron chi connectivity index (χ0n) is 16.3. The van der Waals surface area contributed by atoms with Gasteiger partial charge in [0, 0.05) is 16.1 Å². The first kappa shape index (κ1) is 19.1. The average molecular weight is 405 g/mol. The maximum absolute atomic E-state index is 6.04. The predicted molar refractivity (Wildman–Crippen MR) is 117 cm³/mol. The third-order valence-corrected chi connectivity index (χ3v) is 5.01. The smallest absolute Gasteiger partial charge is 0.119 e. The van der Waals surface area contributed by atoms with Crippen molar-refractivity contribution < 1.29 is 9.47 Å². The zero-order valence-corrected chi connectivity index (χ0v) is 17.1. The Kier molecular flexibility index (Phi) is 5.54. The second-order valence-corrected chi connectivity index (χ2v) is 7.10. The molecule has 4 rings (SSSR count). The molecular weight excluding hydrogens is 384 g/mol. The molecule has 0 saturated carbocycles. The molecule has 0 bridgehead atoms. The summed E-state index contributed by atoms with van der Waals surface area (Å²) in [6, 6.07) is 25.9. The Morgan fingerprint density at radius 2 is 1.41 bits per heavy atom. The van der Waals surface area contributed by atoms with Gasteiger partial charge in [0.05, 0.1) is 32.2 Å². The number of ether oxygens (including phenoxy) is 2. The summed E-state index contributed by atoms with van der Waals surface area (Å²) in [5, 5.41) is 5.61. The summed E-state index contributed by atoms with van der Waals surface area (Å²) in [7, 11) is 3.34. The average Bonchev–Trinajstić information content (AvgIpc) is 3.19. The molecule has 0 aliphatic carbocycles. The number of benzene rings is 3. The zero-order chi connectivity index (χ0) is 20.2. The number of hydrogen-bond acceptors (Lipinski definition) is 3. The van der Waals surface area contributed by atoms with Crippen LogP contribution in [-0.4, -0.2) is 24.0 Å². The molecular formula is C24H21ClN2O2. The van der Waals surface area contributed by atoms with Crippen molar-refractivity contribution in [1.29, 1.82) is 0 Å². The van der Waals surface area contributed by atoms with Crippen molar-refractivity contribution in [2.75, 3.05) is 14.2 Å². The van der Waals surface area contributed by atoms with Crippen molar-refractivity contribution in [3.63, 3.8) is 0 Å². The molecule has 0 saturated heterocycles. The normalized spacial score (nSPS) is 10.7. The fraction of sp³-hybridized carbons (Fsp3) is 0.125. The molecule has 29 heavy (non-hydrogen) atoms. The van der Waals surface area contributed by atoms with E-state index < -0.39 is 0 Å².